The number of rotatable bonds is 8. The first-order valence-corrected chi connectivity index (χ1v) is 9.88. The Morgan fingerprint density at radius 1 is 1.00 bits per heavy atom. The predicted molar refractivity (Wildman–Crippen MR) is 108 cm³/mol. The lowest BCUT2D eigenvalue weighted by Crippen LogP contribution is -2.41. The van der Waals surface area contributed by atoms with Gasteiger partial charge < -0.3 is 15.2 Å². The van der Waals surface area contributed by atoms with Gasteiger partial charge >= 0.3 is 12.1 Å². The second-order valence-electron chi connectivity index (χ2n) is 7.25. The third-order valence-electron chi connectivity index (χ3n) is 5.13. The number of fused-ring (bicyclic) bond motifs is 1. The predicted octanol–water partition coefficient (Wildman–Crippen LogP) is 3.91. The van der Waals surface area contributed by atoms with Crippen LogP contribution in [0.25, 0.3) is 0 Å². The number of nitrogens with one attached hydrogen (secondary N) is 1. The molecule has 6 heteroatoms. The van der Waals surface area contributed by atoms with Crippen molar-refractivity contribution in [2.45, 2.75) is 51.2 Å². The lowest BCUT2D eigenvalue weighted by atomic mass is 9.89. The van der Waals surface area contributed by atoms with E-state index in [1.165, 1.54) is 17.5 Å². The Labute approximate surface area is 169 Å². The van der Waals surface area contributed by atoms with E-state index in [1.54, 1.807) is 12.1 Å². The number of hydrogen-bond acceptors (Lipinski definition) is 4. The van der Waals surface area contributed by atoms with Gasteiger partial charge in [0.1, 0.15) is 12.6 Å². The van der Waals surface area contributed by atoms with E-state index < -0.39 is 18.1 Å². The molecule has 1 aliphatic carbocycles. The van der Waals surface area contributed by atoms with Crippen molar-refractivity contribution in [3.8, 4) is 0 Å². The minimum Gasteiger partial charge on any atom is -0.480 e. The topological polar surface area (TPSA) is 92.7 Å². The number of hydrogen-bond donors (Lipinski definition) is 2. The summed E-state index contributed by atoms with van der Waals surface area (Å²) in [5, 5.41) is 11.7. The van der Waals surface area contributed by atoms with E-state index in [1.807, 2.05) is 36.4 Å². The Hall–Kier alpha value is -3.15. The minimum absolute atomic E-state index is 0.00564. The highest BCUT2D eigenvalue weighted by Crippen LogP contribution is 2.23. The van der Waals surface area contributed by atoms with Gasteiger partial charge in [-0.2, -0.15) is 0 Å². The number of carbonyl (C=O) groups is 3. The molecule has 1 unspecified atom stereocenters. The number of alkyl carbamates (subject to hydrolysis) is 1. The maximum Gasteiger partial charge on any atom is 0.408 e. The Morgan fingerprint density at radius 2 is 1.72 bits per heavy atom. The first-order valence-electron chi connectivity index (χ1n) is 9.88. The Kier molecular flexibility index (Phi) is 7.00. The van der Waals surface area contributed by atoms with Gasteiger partial charge in [-0.05, 0) is 54.9 Å². The van der Waals surface area contributed by atoms with Crippen molar-refractivity contribution >= 4 is 17.8 Å². The van der Waals surface area contributed by atoms with E-state index in [9.17, 15) is 19.5 Å². The zero-order valence-electron chi connectivity index (χ0n) is 16.2. The molecule has 29 heavy (non-hydrogen) atoms. The first-order chi connectivity index (χ1) is 14.0. The highest BCUT2D eigenvalue weighted by Gasteiger charge is 2.22. The fraction of sp³-hybridized carbons (Fsp3) is 0.348. The molecule has 6 nitrogen and oxygen atoms in total. The van der Waals surface area contributed by atoms with E-state index in [4.69, 9.17) is 4.74 Å². The summed E-state index contributed by atoms with van der Waals surface area (Å²) in [6.45, 7) is 0.0487. The highest BCUT2D eigenvalue weighted by atomic mass is 16.5. The van der Waals surface area contributed by atoms with E-state index >= 15 is 0 Å². The molecule has 1 aliphatic rings. The third-order valence-corrected chi connectivity index (χ3v) is 5.13. The molecule has 3 rings (SSSR count). The molecule has 0 saturated heterocycles. The molecule has 1 amide bonds. The van der Waals surface area contributed by atoms with Crippen LogP contribution in [0.3, 0.4) is 0 Å². The number of carboxylic acid groups (broad SMARTS) is 1. The molecular formula is C23H25NO5. The zero-order chi connectivity index (χ0) is 20.6. The summed E-state index contributed by atoms with van der Waals surface area (Å²) >= 11 is 0. The third kappa shape index (κ3) is 5.91. The second kappa shape index (κ2) is 9.87. The van der Waals surface area contributed by atoms with Crippen molar-refractivity contribution in [2.75, 3.05) is 0 Å². The molecule has 0 radical (unpaired) electrons. The maximum absolute atomic E-state index is 12.5. The van der Waals surface area contributed by atoms with Crippen LogP contribution in [0.5, 0.6) is 0 Å². The molecule has 0 aliphatic heterocycles. The molecule has 0 fully saturated rings. The normalized spacial score (nSPS) is 13.8. The van der Waals surface area contributed by atoms with Gasteiger partial charge in [0.2, 0.25) is 0 Å². The SMILES string of the molecule is O=C(NC(CCC(=O)c1ccc2c(c1)CCCC2)C(=O)O)OCc1ccccc1. The molecule has 0 bridgehead atoms. The first kappa shape index (κ1) is 20.6. The van der Waals surface area contributed by atoms with Gasteiger partial charge in [-0.15, -0.1) is 0 Å². The van der Waals surface area contributed by atoms with Gasteiger partial charge in [-0.25, -0.2) is 9.59 Å². The smallest absolute Gasteiger partial charge is 0.408 e. The molecule has 2 aromatic rings. The average Bonchev–Trinajstić information content (AvgIpc) is 2.75. The van der Waals surface area contributed by atoms with Gasteiger partial charge in [-0.3, -0.25) is 4.79 Å². The maximum atomic E-state index is 12.5. The number of benzene rings is 2. The van der Waals surface area contributed by atoms with Gasteiger partial charge in [-0.1, -0.05) is 42.5 Å². The molecular weight excluding hydrogens is 370 g/mol. The van der Waals surface area contributed by atoms with Crippen LogP contribution in [0.2, 0.25) is 0 Å². The van der Waals surface area contributed by atoms with Gasteiger partial charge in [0, 0.05) is 12.0 Å². The fourth-order valence-corrected chi connectivity index (χ4v) is 3.49. The molecule has 2 N–H and O–H groups in total. The van der Waals surface area contributed by atoms with E-state index in [-0.39, 0.29) is 25.2 Å². The van der Waals surface area contributed by atoms with Crippen molar-refractivity contribution in [3.05, 3.63) is 70.8 Å². The summed E-state index contributed by atoms with van der Waals surface area (Å²) in [6.07, 6.45) is 3.54. The van der Waals surface area contributed by atoms with Gasteiger partial charge in [0.15, 0.2) is 5.78 Å². The van der Waals surface area contributed by atoms with Crippen LogP contribution in [0.1, 0.15) is 52.7 Å². The highest BCUT2D eigenvalue weighted by molar-refractivity contribution is 5.96. The number of ketones is 1. The van der Waals surface area contributed by atoms with E-state index in [0.717, 1.165) is 24.8 Å². The van der Waals surface area contributed by atoms with Crippen LogP contribution >= 0.6 is 0 Å². The zero-order valence-corrected chi connectivity index (χ0v) is 16.2. The largest absolute Gasteiger partial charge is 0.480 e. The Balaban J connectivity index is 1.51. The Morgan fingerprint density at radius 3 is 2.45 bits per heavy atom. The monoisotopic (exact) mass is 395 g/mol. The molecule has 0 heterocycles. The molecule has 0 saturated carbocycles. The van der Waals surface area contributed by atoms with Crippen molar-refractivity contribution in [1.29, 1.82) is 0 Å². The van der Waals surface area contributed by atoms with Crippen LogP contribution in [0.15, 0.2) is 48.5 Å². The minimum atomic E-state index is -1.19. The van der Waals surface area contributed by atoms with Crippen molar-refractivity contribution in [1.82, 2.24) is 5.32 Å². The number of aryl methyl sites for hydroxylation is 2. The van der Waals surface area contributed by atoms with E-state index in [0.29, 0.717) is 5.56 Å². The Bertz CT molecular complexity index is 878. The second-order valence-corrected chi connectivity index (χ2v) is 7.25. The summed E-state index contributed by atoms with van der Waals surface area (Å²) < 4.78 is 5.06. The summed E-state index contributed by atoms with van der Waals surface area (Å²) in [6, 6.07) is 13.7. The molecule has 2 aromatic carbocycles. The molecule has 0 spiro atoms. The lowest BCUT2D eigenvalue weighted by molar-refractivity contribution is -0.139. The average molecular weight is 395 g/mol. The molecule has 1 atom stereocenters. The number of aliphatic carboxylic acids is 1. The molecule has 0 aromatic heterocycles. The number of carbonyl (C=O) groups excluding carboxylic acids is 2. The van der Waals surface area contributed by atoms with Crippen LogP contribution in [-0.4, -0.2) is 29.0 Å². The standard InChI is InChI=1S/C23H25NO5/c25-21(19-11-10-17-8-4-5-9-18(17)14-19)13-12-20(22(26)27)24-23(28)29-15-16-6-2-1-3-7-16/h1-3,6-7,10-11,14,20H,4-5,8-9,12-13,15H2,(H,24,28)(H,26,27). The van der Waals surface area contributed by atoms with Gasteiger partial charge in [0.05, 0.1) is 0 Å². The number of amides is 1. The van der Waals surface area contributed by atoms with Crippen LogP contribution in [0.4, 0.5) is 4.79 Å². The summed E-state index contributed by atoms with van der Waals surface area (Å²) in [5.74, 6) is -1.32. The van der Waals surface area contributed by atoms with Crippen LogP contribution in [-0.2, 0) is 29.0 Å². The summed E-state index contributed by atoms with van der Waals surface area (Å²) in [5.41, 5.74) is 3.90. The molecule has 152 valence electrons. The lowest BCUT2D eigenvalue weighted by Gasteiger charge is -2.17. The van der Waals surface area contributed by atoms with Crippen LogP contribution < -0.4 is 5.32 Å². The summed E-state index contributed by atoms with van der Waals surface area (Å²) in [4.78, 5) is 35.9. The van der Waals surface area contributed by atoms with Crippen molar-refractivity contribution in [2.24, 2.45) is 0 Å². The quantitative estimate of drug-likeness (QED) is 0.661. The number of Topliss-reactive ketones (excluding diaryl/α,β-unsaturated/α-hetero) is 1. The summed E-state index contributed by atoms with van der Waals surface area (Å²) in [7, 11) is 0. The van der Waals surface area contributed by atoms with Crippen molar-refractivity contribution < 1.29 is 24.2 Å². The van der Waals surface area contributed by atoms with E-state index in [2.05, 4.69) is 5.32 Å². The number of ether oxygens (including phenoxy) is 1. The van der Waals surface area contributed by atoms with Crippen molar-refractivity contribution in [3.63, 3.8) is 0 Å². The van der Waals surface area contributed by atoms with Gasteiger partial charge in [0.25, 0.3) is 0 Å². The fourth-order valence-electron chi connectivity index (χ4n) is 3.49. The van der Waals surface area contributed by atoms with Crippen LogP contribution in [0, 0.1) is 0 Å². The number of carboxylic acids is 1.